The van der Waals surface area contributed by atoms with Crippen LogP contribution in [0.5, 0.6) is 0 Å². The van der Waals surface area contributed by atoms with Crippen LogP contribution in [0.4, 0.5) is 0 Å². The van der Waals surface area contributed by atoms with Crippen molar-refractivity contribution in [2.45, 2.75) is 74.8 Å². The summed E-state index contributed by atoms with van der Waals surface area (Å²) in [7, 11) is 5.51. The standard InChI is InChI=1S/C29H32N2O3.C28H30N2O3.Li.H2O/c1-30(21-22-12-6-3-7-13-22)25-18-19-31(26(20-25)29(33)34-2)28(32)27(23-14-8-4-9-15-23)24-16-10-5-11-17-24;1-29(20-21-11-5-2-6-12-21)24-17-18-30(25(19-24)28(32)33)27(31)26(22-13-7-3-8-14-22)23-15-9-4-10-16-23;;/h3-17,25-27H,18-21H2,1-2H3;2-16,24-26H,17-20H2,1H3,(H,32,33);;1H2/q;;+1;/p-1/t25-,26-;24-,25-;;/m00../s1. The van der Waals surface area contributed by atoms with Gasteiger partial charge in [-0.05, 0) is 73.2 Å². The Hall–Kier alpha value is -6.32. The number of hydrogen-bond donors (Lipinski definition) is 1. The summed E-state index contributed by atoms with van der Waals surface area (Å²) in [6.45, 7) is 2.49. The maximum absolute atomic E-state index is 14.0. The van der Waals surface area contributed by atoms with Crippen LogP contribution in [-0.2, 0) is 37.0 Å². The molecule has 2 aliphatic rings. The molecule has 6 aromatic carbocycles. The Morgan fingerprint density at radius 3 is 1.12 bits per heavy atom. The summed E-state index contributed by atoms with van der Waals surface area (Å²) in [5, 5.41) is 10.1. The Morgan fingerprint density at radius 2 is 0.812 bits per heavy atom. The number of methoxy groups -OCH3 is 1. The number of likely N-dealkylation sites (tertiary alicyclic amines) is 2. The Balaban J connectivity index is 0.000000250. The van der Waals surface area contributed by atoms with E-state index in [4.69, 9.17) is 4.74 Å². The molecule has 2 N–H and O–H groups in total. The molecule has 2 amide bonds. The molecule has 11 nitrogen and oxygen atoms in total. The molecule has 8 rings (SSSR count). The second-order valence-corrected chi connectivity index (χ2v) is 17.6. The Labute approximate surface area is 419 Å². The number of benzene rings is 6. The maximum Gasteiger partial charge on any atom is 1.00 e. The van der Waals surface area contributed by atoms with Crippen LogP contribution in [0.15, 0.2) is 182 Å². The van der Waals surface area contributed by atoms with E-state index < -0.39 is 29.9 Å². The van der Waals surface area contributed by atoms with Crippen LogP contribution in [0.3, 0.4) is 0 Å². The van der Waals surface area contributed by atoms with Gasteiger partial charge in [0, 0.05) is 38.3 Å². The number of rotatable bonds is 14. The number of hydrogen-bond acceptors (Lipinski definition) is 8. The molecule has 12 heteroatoms. The van der Waals surface area contributed by atoms with E-state index in [1.54, 1.807) is 9.80 Å². The predicted molar refractivity (Wildman–Crippen MR) is 264 cm³/mol. The van der Waals surface area contributed by atoms with Gasteiger partial charge in [0.25, 0.3) is 0 Å². The molecule has 0 radical (unpaired) electrons. The molecule has 0 unspecified atom stereocenters. The molecule has 2 heterocycles. The largest absolute Gasteiger partial charge is 1.00 e. The van der Waals surface area contributed by atoms with Gasteiger partial charge in [0.2, 0.25) is 11.8 Å². The summed E-state index contributed by atoms with van der Waals surface area (Å²) in [6, 6.07) is 58.1. The van der Waals surface area contributed by atoms with E-state index in [9.17, 15) is 24.3 Å². The number of piperidine rings is 2. The fraction of sp³-hybridized carbons (Fsp3) is 0.298. The summed E-state index contributed by atoms with van der Waals surface area (Å²) >= 11 is 0. The number of aliphatic carboxylic acids is 1. The van der Waals surface area contributed by atoms with Crippen LogP contribution in [0, 0.1) is 0 Å². The summed E-state index contributed by atoms with van der Waals surface area (Å²) < 4.78 is 5.16. The minimum atomic E-state index is -0.943. The van der Waals surface area contributed by atoms with Crippen molar-refractivity contribution in [3.8, 4) is 0 Å². The number of carboxylic acids is 1. The maximum atomic E-state index is 14.0. The molecule has 0 saturated carbocycles. The summed E-state index contributed by atoms with van der Waals surface area (Å²) in [5.74, 6) is -2.49. The van der Waals surface area contributed by atoms with Crippen molar-refractivity contribution < 1.29 is 53.4 Å². The molecular formula is C57H63LiN4O7. The predicted octanol–water partition coefficient (Wildman–Crippen LogP) is 5.71. The number of carbonyl (C=O) groups is 4. The van der Waals surface area contributed by atoms with E-state index in [0.29, 0.717) is 25.9 Å². The fourth-order valence-electron chi connectivity index (χ4n) is 9.69. The van der Waals surface area contributed by atoms with Crippen molar-refractivity contribution in [3.05, 3.63) is 215 Å². The summed E-state index contributed by atoms with van der Waals surface area (Å²) in [4.78, 5) is 60.8. The first-order valence-corrected chi connectivity index (χ1v) is 23.2. The monoisotopic (exact) mass is 922 g/mol. The van der Waals surface area contributed by atoms with Gasteiger partial charge in [0.15, 0.2) is 0 Å². The molecule has 0 bridgehead atoms. The van der Waals surface area contributed by atoms with Gasteiger partial charge in [-0.15, -0.1) is 0 Å². The number of ether oxygens (including phenoxy) is 1. The van der Waals surface area contributed by atoms with Gasteiger partial charge in [-0.1, -0.05) is 182 Å². The molecule has 2 aliphatic heterocycles. The molecular weight excluding hydrogens is 860 g/mol. The first-order chi connectivity index (χ1) is 32.6. The molecule has 2 saturated heterocycles. The van der Waals surface area contributed by atoms with Crippen LogP contribution in [0.1, 0.15) is 70.9 Å². The molecule has 2 fully saturated rings. The topological polar surface area (TPSA) is 141 Å². The van der Waals surface area contributed by atoms with Crippen LogP contribution in [0.2, 0.25) is 0 Å². The Bertz CT molecular complexity index is 2410. The minimum Gasteiger partial charge on any atom is -0.870 e. The normalized spacial score (nSPS) is 17.8. The van der Waals surface area contributed by atoms with E-state index in [1.165, 1.54) is 18.2 Å². The van der Waals surface area contributed by atoms with Crippen molar-refractivity contribution >= 4 is 23.8 Å². The third kappa shape index (κ3) is 13.9. The van der Waals surface area contributed by atoms with Crippen molar-refractivity contribution in [2.75, 3.05) is 34.3 Å². The average molecular weight is 923 g/mol. The zero-order valence-electron chi connectivity index (χ0n) is 40.2. The second kappa shape index (κ2) is 26.4. The molecule has 0 spiro atoms. The number of carbonyl (C=O) groups excluding carboxylic acids is 3. The van der Waals surface area contributed by atoms with Crippen LogP contribution in [-0.4, -0.2) is 112 Å². The molecule has 354 valence electrons. The van der Waals surface area contributed by atoms with Gasteiger partial charge in [0.1, 0.15) is 12.1 Å². The van der Waals surface area contributed by atoms with Gasteiger partial charge in [0.05, 0.1) is 18.9 Å². The van der Waals surface area contributed by atoms with Gasteiger partial charge < -0.3 is 25.1 Å². The van der Waals surface area contributed by atoms with Gasteiger partial charge >= 0.3 is 30.8 Å². The molecule has 69 heavy (non-hydrogen) atoms. The summed E-state index contributed by atoms with van der Waals surface area (Å²) in [5.41, 5.74) is 6.02. The summed E-state index contributed by atoms with van der Waals surface area (Å²) in [6.07, 6.45) is 2.52. The van der Waals surface area contributed by atoms with Gasteiger partial charge in [-0.25, -0.2) is 9.59 Å². The molecule has 0 aliphatic carbocycles. The van der Waals surface area contributed by atoms with Crippen molar-refractivity contribution in [1.82, 2.24) is 19.6 Å². The number of amides is 2. The van der Waals surface area contributed by atoms with Crippen LogP contribution >= 0.6 is 0 Å². The minimum absolute atomic E-state index is 0. The Kier molecular flexibility index (Phi) is 20.5. The van der Waals surface area contributed by atoms with E-state index in [0.717, 1.165) is 48.2 Å². The van der Waals surface area contributed by atoms with Crippen LogP contribution < -0.4 is 18.9 Å². The fourth-order valence-corrected chi connectivity index (χ4v) is 9.69. The number of esters is 1. The zero-order chi connectivity index (χ0) is 47.1. The van der Waals surface area contributed by atoms with Crippen molar-refractivity contribution in [2.24, 2.45) is 0 Å². The smallest absolute Gasteiger partial charge is 0.870 e. The first kappa shape index (κ1) is 53.6. The third-order valence-corrected chi connectivity index (χ3v) is 13.3. The molecule has 0 aromatic heterocycles. The van der Waals surface area contributed by atoms with E-state index in [2.05, 4.69) is 41.1 Å². The van der Waals surface area contributed by atoms with Gasteiger partial charge in [-0.2, -0.15) is 0 Å². The second-order valence-electron chi connectivity index (χ2n) is 17.6. The van der Waals surface area contributed by atoms with E-state index in [1.807, 2.05) is 165 Å². The van der Waals surface area contributed by atoms with E-state index >= 15 is 0 Å². The van der Waals surface area contributed by atoms with Crippen molar-refractivity contribution in [3.63, 3.8) is 0 Å². The van der Waals surface area contributed by atoms with Crippen LogP contribution in [0.25, 0.3) is 0 Å². The number of nitrogens with zero attached hydrogens (tertiary/aromatic N) is 4. The van der Waals surface area contributed by atoms with E-state index in [-0.39, 0.29) is 54.2 Å². The quantitative estimate of drug-likeness (QED) is 0.108. The van der Waals surface area contributed by atoms with Crippen molar-refractivity contribution in [1.29, 1.82) is 0 Å². The average Bonchev–Trinajstić information content (AvgIpc) is 3.38. The number of carboxylic acid groups (broad SMARTS) is 1. The molecule has 4 atom stereocenters. The van der Waals surface area contributed by atoms with Gasteiger partial charge in [-0.3, -0.25) is 19.4 Å². The third-order valence-electron chi connectivity index (χ3n) is 13.3. The zero-order valence-corrected chi connectivity index (χ0v) is 40.2. The SMILES string of the molecule is CN(Cc1ccccc1)[C@H]1CCN(C(=O)C(c2ccccc2)c2ccccc2)[C@H](C(=O)O)C1.COC(=O)[C@@H]1C[C@@H](N(C)Cc2ccccc2)CCN1C(=O)C(c1ccccc1)c1ccccc1.[Li+].[OH-]. The Morgan fingerprint density at radius 1 is 0.522 bits per heavy atom. The first-order valence-electron chi connectivity index (χ1n) is 23.2. The molecule has 6 aromatic rings.